The number of guanidine groups is 1. The van der Waals surface area contributed by atoms with E-state index >= 15 is 0 Å². The zero-order valence-electron chi connectivity index (χ0n) is 19.0. The Bertz CT molecular complexity index is 1010. The Labute approximate surface area is 189 Å². The molecule has 0 amide bonds. The van der Waals surface area contributed by atoms with Crippen LogP contribution in [0, 0.1) is 0 Å². The number of hydrogen-bond donors (Lipinski definition) is 2. The van der Waals surface area contributed by atoms with Crippen LogP contribution in [0.15, 0.2) is 52.1 Å². The molecule has 8 nitrogen and oxygen atoms in total. The second-order valence-corrected chi connectivity index (χ2v) is 8.37. The lowest BCUT2D eigenvalue weighted by molar-refractivity contribution is 0.391. The third-order valence-electron chi connectivity index (χ3n) is 5.55. The number of aliphatic imine (C=N–C) groups is 1. The molecule has 170 valence electrons. The molecule has 0 radical (unpaired) electrons. The van der Waals surface area contributed by atoms with Crippen molar-refractivity contribution in [1.29, 1.82) is 0 Å². The van der Waals surface area contributed by atoms with Gasteiger partial charge in [0.15, 0.2) is 11.8 Å². The molecule has 8 heteroatoms. The monoisotopic (exact) mass is 436 g/mol. The highest BCUT2D eigenvalue weighted by Gasteiger charge is 2.23. The van der Waals surface area contributed by atoms with Gasteiger partial charge in [-0.15, -0.1) is 0 Å². The number of aryl methyl sites for hydroxylation is 1. The van der Waals surface area contributed by atoms with Gasteiger partial charge in [-0.3, -0.25) is 0 Å². The van der Waals surface area contributed by atoms with Gasteiger partial charge in [-0.25, -0.2) is 14.7 Å². The predicted octanol–water partition coefficient (Wildman–Crippen LogP) is 3.30. The molecule has 0 bridgehead atoms. The van der Waals surface area contributed by atoms with Gasteiger partial charge in [-0.2, -0.15) is 5.10 Å². The first-order valence-corrected chi connectivity index (χ1v) is 11.2. The Kier molecular flexibility index (Phi) is 7.09. The summed E-state index contributed by atoms with van der Waals surface area (Å²) < 4.78 is 12.7. The number of hydrogen-bond acceptors (Lipinski definition) is 5. The van der Waals surface area contributed by atoms with E-state index < -0.39 is 0 Å². The molecule has 0 saturated carbocycles. The van der Waals surface area contributed by atoms with Crippen LogP contribution in [0.5, 0.6) is 5.75 Å². The molecule has 1 unspecified atom stereocenters. The van der Waals surface area contributed by atoms with Crippen LogP contribution < -0.4 is 15.4 Å². The summed E-state index contributed by atoms with van der Waals surface area (Å²) in [5, 5.41) is 11.8. The van der Waals surface area contributed by atoms with Crippen LogP contribution in [0.25, 0.3) is 0 Å². The van der Waals surface area contributed by atoms with Crippen molar-refractivity contribution in [3.8, 4) is 5.75 Å². The Morgan fingerprint density at radius 2 is 2.12 bits per heavy atom. The van der Waals surface area contributed by atoms with Crippen LogP contribution in [-0.4, -0.2) is 40.4 Å². The van der Waals surface area contributed by atoms with E-state index in [0.717, 1.165) is 67.0 Å². The summed E-state index contributed by atoms with van der Waals surface area (Å²) in [4.78, 5) is 9.52. The van der Waals surface area contributed by atoms with Gasteiger partial charge in [0.2, 0.25) is 0 Å². The molecule has 4 rings (SSSR count). The Balaban J connectivity index is 1.41. The van der Waals surface area contributed by atoms with E-state index in [1.165, 1.54) is 0 Å². The minimum Gasteiger partial charge on any atom is -0.497 e. The van der Waals surface area contributed by atoms with Crippen LogP contribution in [0.4, 0.5) is 0 Å². The van der Waals surface area contributed by atoms with E-state index in [1.54, 1.807) is 13.4 Å². The molecule has 32 heavy (non-hydrogen) atoms. The first-order valence-electron chi connectivity index (χ1n) is 11.2. The zero-order valence-corrected chi connectivity index (χ0v) is 19.0. The van der Waals surface area contributed by atoms with Gasteiger partial charge in [0.1, 0.15) is 17.3 Å². The maximum absolute atomic E-state index is 5.45. The van der Waals surface area contributed by atoms with Gasteiger partial charge in [0, 0.05) is 31.3 Å². The van der Waals surface area contributed by atoms with E-state index in [2.05, 4.69) is 29.5 Å². The number of nitrogens with one attached hydrogen (secondary N) is 2. The number of nitrogens with zero attached hydrogens (tertiary/aromatic N) is 4. The fourth-order valence-corrected chi connectivity index (χ4v) is 3.70. The highest BCUT2D eigenvalue weighted by molar-refractivity contribution is 5.80. The average molecular weight is 437 g/mol. The topological polar surface area (TPSA) is 89.5 Å². The molecule has 3 aromatic rings. The minimum absolute atomic E-state index is 0.245. The summed E-state index contributed by atoms with van der Waals surface area (Å²) in [6, 6.07) is 12.1. The quantitative estimate of drug-likeness (QED) is 0.416. The van der Waals surface area contributed by atoms with Crippen LogP contribution >= 0.6 is 0 Å². The number of benzene rings is 1. The maximum atomic E-state index is 5.45. The molecule has 3 heterocycles. The minimum atomic E-state index is 0.245. The molecular weight excluding hydrogens is 404 g/mol. The summed E-state index contributed by atoms with van der Waals surface area (Å²) in [5.74, 6) is 4.94. The first-order chi connectivity index (χ1) is 15.6. The van der Waals surface area contributed by atoms with Gasteiger partial charge in [-0.05, 0) is 36.2 Å². The number of methoxy groups -OCH3 is 1. The van der Waals surface area contributed by atoms with Crippen molar-refractivity contribution in [3.05, 3.63) is 65.6 Å². The fraction of sp³-hybridized carbons (Fsp3) is 0.458. The largest absolute Gasteiger partial charge is 0.497 e. The van der Waals surface area contributed by atoms with Crippen LogP contribution in [0.3, 0.4) is 0 Å². The smallest absolute Gasteiger partial charge is 0.191 e. The lowest BCUT2D eigenvalue weighted by Gasteiger charge is -2.25. The summed E-state index contributed by atoms with van der Waals surface area (Å²) in [6.45, 7) is 6.37. The molecule has 0 fully saturated rings. The molecule has 1 aromatic carbocycles. The van der Waals surface area contributed by atoms with Crippen molar-refractivity contribution in [2.45, 2.75) is 58.2 Å². The normalized spacial score (nSPS) is 16.1. The number of fused-ring (bicyclic) bond motifs is 1. The maximum Gasteiger partial charge on any atom is 0.191 e. The molecular formula is C24H32N6O2. The lowest BCUT2D eigenvalue weighted by Crippen LogP contribution is -2.47. The number of rotatable bonds is 8. The standard InChI is InChI=1S/C24H32N6O2/c1-17(2)23-28-22-11-8-19(16-30(22)29-23)27-24(25-13-12-21-5-4-14-32-21)26-15-18-6-9-20(31-3)10-7-18/h4-7,9-10,14,17,19H,8,11-13,15-16H2,1-3H3,(H2,25,26,27). The Hall–Kier alpha value is -3.29. The predicted molar refractivity (Wildman–Crippen MR) is 124 cm³/mol. The summed E-state index contributed by atoms with van der Waals surface area (Å²) in [7, 11) is 1.67. The van der Waals surface area contributed by atoms with Gasteiger partial charge >= 0.3 is 0 Å². The average Bonchev–Trinajstić information content (AvgIpc) is 3.47. The van der Waals surface area contributed by atoms with E-state index in [1.807, 2.05) is 41.1 Å². The van der Waals surface area contributed by atoms with E-state index in [9.17, 15) is 0 Å². The van der Waals surface area contributed by atoms with Crippen LogP contribution in [-0.2, 0) is 25.9 Å². The van der Waals surface area contributed by atoms with Crippen LogP contribution in [0.2, 0.25) is 0 Å². The van der Waals surface area contributed by atoms with Gasteiger partial charge in [-0.1, -0.05) is 26.0 Å². The second-order valence-electron chi connectivity index (χ2n) is 8.37. The molecule has 1 aliphatic rings. The van der Waals surface area contributed by atoms with Crippen molar-refractivity contribution in [3.63, 3.8) is 0 Å². The second kappa shape index (κ2) is 10.3. The van der Waals surface area contributed by atoms with Gasteiger partial charge in [0.25, 0.3) is 0 Å². The van der Waals surface area contributed by atoms with Gasteiger partial charge in [0.05, 0.1) is 26.5 Å². The number of furan rings is 1. The van der Waals surface area contributed by atoms with E-state index in [4.69, 9.17) is 19.2 Å². The van der Waals surface area contributed by atoms with Crippen molar-refractivity contribution in [2.75, 3.05) is 13.7 Å². The highest BCUT2D eigenvalue weighted by atomic mass is 16.5. The van der Waals surface area contributed by atoms with E-state index in [0.29, 0.717) is 12.5 Å². The first kappa shape index (κ1) is 21.9. The molecule has 0 aliphatic carbocycles. The summed E-state index contributed by atoms with van der Waals surface area (Å²) in [5.41, 5.74) is 1.13. The van der Waals surface area contributed by atoms with E-state index in [-0.39, 0.29) is 6.04 Å². The van der Waals surface area contributed by atoms with Crippen LogP contribution in [0.1, 0.15) is 49.2 Å². The Morgan fingerprint density at radius 3 is 2.84 bits per heavy atom. The molecule has 1 aliphatic heterocycles. The molecule has 2 N–H and O–H groups in total. The molecule has 1 atom stereocenters. The summed E-state index contributed by atoms with van der Waals surface area (Å²) in [6.07, 6.45) is 4.41. The number of aromatic nitrogens is 3. The zero-order chi connectivity index (χ0) is 22.3. The fourth-order valence-electron chi connectivity index (χ4n) is 3.70. The van der Waals surface area contributed by atoms with Crippen molar-refractivity contribution >= 4 is 5.96 Å². The molecule has 0 spiro atoms. The lowest BCUT2D eigenvalue weighted by atomic mass is 10.1. The third-order valence-corrected chi connectivity index (χ3v) is 5.55. The summed E-state index contributed by atoms with van der Waals surface area (Å²) >= 11 is 0. The van der Waals surface area contributed by atoms with Crippen molar-refractivity contribution in [1.82, 2.24) is 25.4 Å². The highest BCUT2D eigenvalue weighted by Crippen LogP contribution is 2.17. The number of ether oxygens (including phenoxy) is 1. The Morgan fingerprint density at radius 1 is 1.28 bits per heavy atom. The van der Waals surface area contributed by atoms with Crippen molar-refractivity contribution in [2.24, 2.45) is 4.99 Å². The third kappa shape index (κ3) is 5.69. The van der Waals surface area contributed by atoms with Crippen molar-refractivity contribution < 1.29 is 9.15 Å². The SMILES string of the molecule is COc1ccc(CN=C(NCCc2ccco2)NC2CCc3nc(C(C)C)nn3C2)cc1. The molecule has 0 saturated heterocycles. The molecule has 2 aromatic heterocycles. The van der Waals surface area contributed by atoms with Gasteiger partial charge < -0.3 is 19.8 Å².